The second-order valence-corrected chi connectivity index (χ2v) is 11.0. The fourth-order valence-electron chi connectivity index (χ4n) is 4.38. The van der Waals surface area contributed by atoms with Crippen molar-refractivity contribution in [1.29, 1.82) is 0 Å². The van der Waals surface area contributed by atoms with E-state index < -0.39 is 5.60 Å². The van der Waals surface area contributed by atoms with Gasteiger partial charge in [-0.2, -0.15) is 0 Å². The van der Waals surface area contributed by atoms with E-state index in [0.29, 0.717) is 42.3 Å². The van der Waals surface area contributed by atoms with Crippen LogP contribution >= 0.6 is 0 Å². The number of carbonyl (C=O) groups is 3. The SMILES string of the molecule is Cc1ccc(NC(=O)c2cc(C)ccc2NC(=O)c2ccc(N3CCCN(C(=O)OC(C)(C)C)CC3)cc2)nc1. The summed E-state index contributed by atoms with van der Waals surface area (Å²) < 4.78 is 5.52. The molecule has 3 aromatic rings. The molecule has 0 saturated carbocycles. The number of amides is 3. The zero-order chi connectivity index (χ0) is 28.9. The Morgan fingerprint density at radius 2 is 1.55 bits per heavy atom. The summed E-state index contributed by atoms with van der Waals surface area (Å²) in [6.45, 7) is 12.1. The van der Waals surface area contributed by atoms with Gasteiger partial charge in [-0.15, -0.1) is 0 Å². The number of aryl methyl sites for hydroxylation is 2. The summed E-state index contributed by atoms with van der Waals surface area (Å²) in [6, 6.07) is 16.3. The van der Waals surface area contributed by atoms with Crippen LogP contribution in [0.25, 0.3) is 0 Å². The number of pyridine rings is 1. The quantitative estimate of drug-likeness (QED) is 0.431. The van der Waals surface area contributed by atoms with Gasteiger partial charge in [0.2, 0.25) is 0 Å². The maximum Gasteiger partial charge on any atom is 0.410 e. The fourth-order valence-corrected chi connectivity index (χ4v) is 4.38. The monoisotopic (exact) mass is 543 g/mol. The molecular formula is C31H37N5O4. The third kappa shape index (κ3) is 7.59. The minimum Gasteiger partial charge on any atom is -0.444 e. The first-order chi connectivity index (χ1) is 19.0. The van der Waals surface area contributed by atoms with Gasteiger partial charge in [-0.05, 0) is 89.1 Å². The average molecular weight is 544 g/mol. The van der Waals surface area contributed by atoms with Gasteiger partial charge in [0.05, 0.1) is 11.3 Å². The first-order valence-corrected chi connectivity index (χ1v) is 13.5. The second kappa shape index (κ2) is 12.2. The summed E-state index contributed by atoms with van der Waals surface area (Å²) in [4.78, 5) is 46.8. The lowest BCUT2D eigenvalue weighted by Crippen LogP contribution is -2.39. The first kappa shape index (κ1) is 28.6. The Morgan fingerprint density at radius 3 is 2.23 bits per heavy atom. The van der Waals surface area contributed by atoms with Crippen molar-refractivity contribution >= 4 is 35.1 Å². The first-order valence-electron chi connectivity index (χ1n) is 13.5. The maximum absolute atomic E-state index is 13.1. The summed E-state index contributed by atoms with van der Waals surface area (Å²) in [5.74, 6) is -0.232. The molecule has 2 aromatic carbocycles. The number of rotatable bonds is 5. The van der Waals surface area contributed by atoms with E-state index >= 15 is 0 Å². The molecule has 0 spiro atoms. The Hall–Kier alpha value is -4.40. The summed E-state index contributed by atoms with van der Waals surface area (Å²) in [7, 11) is 0. The average Bonchev–Trinajstić information content (AvgIpc) is 3.17. The zero-order valence-corrected chi connectivity index (χ0v) is 23.8. The van der Waals surface area contributed by atoms with Gasteiger partial charge >= 0.3 is 6.09 Å². The van der Waals surface area contributed by atoms with Crippen LogP contribution in [0.15, 0.2) is 60.8 Å². The molecule has 0 atom stereocenters. The number of nitrogens with zero attached hydrogens (tertiary/aromatic N) is 3. The predicted octanol–water partition coefficient (Wildman–Crippen LogP) is 5.65. The Labute approximate surface area is 235 Å². The van der Waals surface area contributed by atoms with E-state index in [1.807, 2.05) is 58.9 Å². The molecule has 1 fully saturated rings. The number of hydrogen-bond donors (Lipinski definition) is 2. The van der Waals surface area contributed by atoms with Crippen molar-refractivity contribution in [3.63, 3.8) is 0 Å². The van der Waals surface area contributed by atoms with Crippen LogP contribution in [0.1, 0.15) is 59.0 Å². The van der Waals surface area contributed by atoms with Gasteiger partial charge in [-0.25, -0.2) is 9.78 Å². The Balaban J connectivity index is 1.41. The van der Waals surface area contributed by atoms with Gasteiger partial charge < -0.3 is 25.2 Å². The van der Waals surface area contributed by atoms with Crippen molar-refractivity contribution in [3.05, 3.63) is 83.0 Å². The Kier molecular flexibility index (Phi) is 8.72. The van der Waals surface area contributed by atoms with E-state index in [1.165, 1.54) is 0 Å². The lowest BCUT2D eigenvalue weighted by molar-refractivity contribution is 0.0263. The molecule has 0 unspecified atom stereocenters. The lowest BCUT2D eigenvalue weighted by atomic mass is 10.1. The van der Waals surface area contributed by atoms with E-state index in [0.717, 1.165) is 29.8 Å². The van der Waals surface area contributed by atoms with Crippen molar-refractivity contribution in [1.82, 2.24) is 9.88 Å². The van der Waals surface area contributed by atoms with Gasteiger partial charge in [0.15, 0.2) is 0 Å². The van der Waals surface area contributed by atoms with Crippen LogP contribution in [0.5, 0.6) is 0 Å². The lowest BCUT2D eigenvalue weighted by Gasteiger charge is -2.27. The molecular weight excluding hydrogens is 506 g/mol. The molecule has 0 aliphatic carbocycles. The summed E-state index contributed by atoms with van der Waals surface area (Å²) in [5.41, 5.74) is 3.58. The second-order valence-electron chi connectivity index (χ2n) is 11.0. The number of aromatic nitrogens is 1. The fraction of sp³-hybridized carbons (Fsp3) is 0.355. The van der Waals surface area contributed by atoms with Crippen LogP contribution in [0.4, 0.5) is 22.0 Å². The van der Waals surface area contributed by atoms with Gasteiger partial charge in [-0.3, -0.25) is 9.59 Å². The molecule has 3 amide bonds. The highest BCUT2D eigenvalue weighted by Crippen LogP contribution is 2.22. The molecule has 2 heterocycles. The van der Waals surface area contributed by atoms with Crippen molar-refractivity contribution in [2.45, 2.75) is 46.6 Å². The third-order valence-electron chi connectivity index (χ3n) is 6.46. The predicted molar refractivity (Wildman–Crippen MR) is 157 cm³/mol. The summed E-state index contributed by atoms with van der Waals surface area (Å²) >= 11 is 0. The number of carbonyl (C=O) groups excluding carboxylic acids is 3. The third-order valence-corrected chi connectivity index (χ3v) is 6.46. The zero-order valence-electron chi connectivity index (χ0n) is 23.8. The van der Waals surface area contributed by atoms with Crippen LogP contribution < -0.4 is 15.5 Å². The van der Waals surface area contributed by atoms with Crippen molar-refractivity contribution in [2.75, 3.05) is 41.7 Å². The highest BCUT2D eigenvalue weighted by Gasteiger charge is 2.24. The van der Waals surface area contributed by atoms with E-state index in [1.54, 1.807) is 41.4 Å². The molecule has 0 radical (unpaired) electrons. The molecule has 1 aliphatic heterocycles. The smallest absolute Gasteiger partial charge is 0.410 e. The highest BCUT2D eigenvalue weighted by atomic mass is 16.6. The molecule has 0 bridgehead atoms. The minimum atomic E-state index is -0.527. The molecule has 9 nitrogen and oxygen atoms in total. The van der Waals surface area contributed by atoms with Crippen LogP contribution in [0, 0.1) is 13.8 Å². The van der Waals surface area contributed by atoms with Crippen molar-refractivity contribution in [3.8, 4) is 0 Å². The van der Waals surface area contributed by atoms with Gasteiger partial charge in [0, 0.05) is 43.6 Å². The normalized spacial score (nSPS) is 13.8. The molecule has 1 saturated heterocycles. The number of nitrogens with one attached hydrogen (secondary N) is 2. The molecule has 9 heteroatoms. The number of benzene rings is 2. The van der Waals surface area contributed by atoms with Crippen LogP contribution in [-0.4, -0.2) is 59.6 Å². The highest BCUT2D eigenvalue weighted by molar-refractivity contribution is 6.12. The Bertz CT molecular complexity index is 1360. The maximum atomic E-state index is 13.1. The van der Waals surface area contributed by atoms with Crippen LogP contribution in [-0.2, 0) is 4.74 Å². The summed E-state index contributed by atoms with van der Waals surface area (Å²) in [5, 5.41) is 5.68. The molecule has 1 aromatic heterocycles. The number of anilines is 3. The van der Waals surface area contributed by atoms with Crippen molar-refractivity contribution in [2.24, 2.45) is 0 Å². The van der Waals surface area contributed by atoms with Gasteiger partial charge in [0.1, 0.15) is 11.4 Å². The van der Waals surface area contributed by atoms with Crippen LogP contribution in [0.2, 0.25) is 0 Å². The topological polar surface area (TPSA) is 104 Å². The van der Waals surface area contributed by atoms with E-state index in [-0.39, 0.29) is 17.9 Å². The van der Waals surface area contributed by atoms with Gasteiger partial charge in [-0.1, -0.05) is 17.7 Å². The van der Waals surface area contributed by atoms with Crippen molar-refractivity contribution < 1.29 is 19.1 Å². The van der Waals surface area contributed by atoms with Crippen LogP contribution in [0.3, 0.4) is 0 Å². The van der Waals surface area contributed by atoms with Gasteiger partial charge in [0.25, 0.3) is 11.8 Å². The van der Waals surface area contributed by atoms with E-state index in [9.17, 15) is 14.4 Å². The Morgan fingerprint density at radius 1 is 0.825 bits per heavy atom. The summed E-state index contributed by atoms with van der Waals surface area (Å²) in [6.07, 6.45) is 2.21. The van der Waals surface area contributed by atoms with E-state index in [2.05, 4.69) is 20.5 Å². The minimum absolute atomic E-state index is 0.291. The molecule has 1 aliphatic rings. The number of ether oxygens (including phenoxy) is 1. The molecule has 40 heavy (non-hydrogen) atoms. The molecule has 2 N–H and O–H groups in total. The largest absolute Gasteiger partial charge is 0.444 e. The van der Waals surface area contributed by atoms with E-state index in [4.69, 9.17) is 4.74 Å². The molecule has 210 valence electrons. The standard InChI is InChI=1S/C31H37N5O4/c1-21-7-13-26(25(19-21)29(38)34-27-14-8-22(2)20-32-27)33-28(37)23-9-11-24(12-10-23)35-15-6-16-36(18-17-35)30(39)40-31(3,4)5/h7-14,19-20H,6,15-18H2,1-5H3,(H,33,37)(H,32,34,38). The number of hydrogen-bond acceptors (Lipinski definition) is 6. The molecule has 4 rings (SSSR count).